The van der Waals surface area contributed by atoms with Crippen LogP contribution in [0.15, 0.2) is 35.1 Å². The summed E-state index contributed by atoms with van der Waals surface area (Å²) in [5, 5.41) is 2.90. The summed E-state index contributed by atoms with van der Waals surface area (Å²) in [6.07, 6.45) is 0.782. The molecule has 0 bridgehead atoms. The van der Waals surface area contributed by atoms with E-state index in [0.29, 0.717) is 11.3 Å². The van der Waals surface area contributed by atoms with Gasteiger partial charge in [0.05, 0.1) is 5.69 Å². The zero-order chi connectivity index (χ0) is 10.8. The standard InChI is InChI=1S/C11H10N2O2/c1-13-11(15)6-10(12-13)9-4-2-3-8(5-9)7-14/h2-7,12H,1H3. The molecule has 0 unspecified atom stereocenters. The quantitative estimate of drug-likeness (QED) is 0.744. The summed E-state index contributed by atoms with van der Waals surface area (Å²) in [5.41, 5.74) is 2.04. The van der Waals surface area contributed by atoms with E-state index in [0.717, 1.165) is 11.8 Å². The van der Waals surface area contributed by atoms with E-state index in [1.54, 1.807) is 25.2 Å². The van der Waals surface area contributed by atoms with Gasteiger partial charge in [0, 0.05) is 24.2 Å². The number of nitrogens with zero attached hydrogens (tertiary/aromatic N) is 1. The van der Waals surface area contributed by atoms with Crippen molar-refractivity contribution in [2.24, 2.45) is 7.05 Å². The summed E-state index contributed by atoms with van der Waals surface area (Å²) < 4.78 is 1.39. The van der Waals surface area contributed by atoms with Crippen LogP contribution in [0.5, 0.6) is 0 Å². The maximum Gasteiger partial charge on any atom is 0.266 e. The minimum absolute atomic E-state index is 0.0958. The Morgan fingerprint density at radius 2 is 2.13 bits per heavy atom. The molecule has 1 N–H and O–H groups in total. The molecule has 2 rings (SSSR count). The van der Waals surface area contributed by atoms with Crippen LogP contribution in [0.1, 0.15) is 10.4 Å². The van der Waals surface area contributed by atoms with Crippen LogP contribution >= 0.6 is 0 Å². The lowest BCUT2D eigenvalue weighted by Gasteiger charge is -1.98. The fourth-order valence-electron chi connectivity index (χ4n) is 1.42. The molecule has 1 aromatic heterocycles. The Morgan fingerprint density at radius 1 is 1.33 bits per heavy atom. The van der Waals surface area contributed by atoms with Crippen molar-refractivity contribution in [1.29, 1.82) is 0 Å². The SMILES string of the molecule is Cn1[nH]c(-c2cccc(C=O)c2)cc1=O. The predicted octanol–water partition coefficient (Wildman–Crippen LogP) is 1.19. The average Bonchev–Trinajstić information content (AvgIpc) is 2.59. The van der Waals surface area contributed by atoms with Gasteiger partial charge in [-0.1, -0.05) is 18.2 Å². The van der Waals surface area contributed by atoms with Crippen molar-refractivity contribution >= 4 is 6.29 Å². The van der Waals surface area contributed by atoms with Crippen molar-refractivity contribution in [2.45, 2.75) is 0 Å². The third-order valence-electron chi connectivity index (χ3n) is 2.22. The minimum atomic E-state index is -0.0958. The van der Waals surface area contributed by atoms with Crippen molar-refractivity contribution in [1.82, 2.24) is 9.78 Å². The van der Waals surface area contributed by atoms with Gasteiger partial charge in [0.15, 0.2) is 0 Å². The summed E-state index contributed by atoms with van der Waals surface area (Å²) >= 11 is 0. The summed E-state index contributed by atoms with van der Waals surface area (Å²) in [6, 6.07) is 8.59. The van der Waals surface area contributed by atoms with Gasteiger partial charge >= 0.3 is 0 Å². The number of benzene rings is 1. The average molecular weight is 202 g/mol. The molecule has 0 aliphatic carbocycles. The van der Waals surface area contributed by atoms with Crippen LogP contribution in [0, 0.1) is 0 Å². The number of rotatable bonds is 2. The highest BCUT2D eigenvalue weighted by molar-refractivity contribution is 5.78. The maximum absolute atomic E-state index is 11.2. The molecule has 0 saturated carbocycles. The highest BCUT2D eigenvalue weighted by Crippen LogP contribution is 2.15. The molecule has 0 spiro atoms. The van der Waals surface area contributed by atoms with E-state index in [9.17, 15) is 9.59 Å². The first-order chi connectivity index (χ1) is 7.20. The molecule has 15 heavy (non-hydrogen) atoms. The molecule has 4 nitrogen and oxygen atoms in total. The van der Waals surface area contributed by atoms with E-state index < -0.39 is 0 Å². The molecule has 0 aliphatic heterocycles. The number of carbonyl (C=O) groups excluding carboxylic acids is 1. The van der Waals surface area contributed by atoms with Crippen LogP contribution in [0.4, 0.5) is 0 Å². The van der Waals surface area contributed by atoms with E-state index in [1.165, 1.54) is 10.7 Å². The van der Waals surface area contributed by atoms with Crippen molar-refractivity contribution < 1.29 is 4.79 Å². The van der Waals surface area contributed by atoms with Gasteiger partial charge in [-0.15, -0.1) is 0 Å². The summed E-state index contributed by atoms with van der Waals surface area (Å²) in [7, 11) is 1.65. The number of hydrogen-bond acceptors (Lipinski definition) is 2. The molecular formula is C11H10N2O2. The molecule has 0 aliphatic rings. The van der Waals surface area contributed by atoms with Crippen LogP contribution in [0.3, 0.4) is 0 Å². The topological polar surface area (TPSA) is 54.9 Å². The van der Waals surface area contributed by atoms with Crippen molar-refractivity contribution in [3.63, 3.8) is 0 Å². The lowest BCUT2D eigenvalue weighted by atomic mass is 10.1. The van der Waals surface area contributed by atoms with E-state index in [2.05, 4.69) is 5.10 Å². The van der Waals surface area contributed by atoms with Gasteiger partial charge in [0.1, 0.15) is 6.29 Å². The first kappa shape index (κ1) is 9.45. The number of H-pyrrole nitrogens is 1. The number of aromatic amines is 1. The Balaban J connectivity index is 2.53. The predicted molar refractivity (Wildman–Crippen MR) is 56.9 cm³/mol. The third kappa shape index (κ3) is 1.74. The lowest BCUT2D eigenvalue weighted by molar-refractivity contribution is 0.112. The molecule has 0 fully saturated rings. The van der Waals surface area contributed by atoms with E-state index in [-0.39, 0.29) is 5.56 Å². The van der Waals surface area contributed by atoms with Crippen LogP contribution < -0.4 is 5.56 Å². The molecule has 0 saturated heterocycles. The van der Waals surface area contributed by atoms with Crippen molar-refractivity contribution in [3.8, 4) is 11.3 Å². The fourth-order valence-corrected chi connectivity index (χ4v) is 1.42. The molecular weight excluding hydrogens is 192 g/mol. The molecule has 0 amide bonds. The van der Waals surface area contributed by atoms with Gasteiger partial charge in [0.25, 0.3) is 5.56 Å². The van der Waals surface area contributed by atoms with Crippen LogP contribution in [-0.4, -0.2) is 16.1 Å². The van der Waals surface area contributed by atoms with E-state index in [4.69, 9.17) is 0 Å². The van der Waals surface area contributed by atoms with Crippen molar-refractivity contribution in [2.75, 3.05) is 0 Å². The second-order valence-electron chi connectivity index (χ2n) is 3.31. The van der Waals surface area contributed by atoms with Gasteiger partial charge < -0.3 is 0 Å². The second-order valence-corrected chi connectivity index (χ2v) is 3.31. The van der Waals surface area contributed by atoms with Gasteiger partial charge in [-0.3, -0.25) is 19.4 Å². The van der Waals surface area contributed by atoms with Crippen LogP contribution in [0.2, 0.25) is 0 Å². The van der Waals surface area contributed by atoms with Gasteiger partial charge in [-0.2, -0.15) is 0 Å². The Kier molecular flexibility index (Phi) is 2.25. The zero-order valence-electron chi connectivity index (χ0n) is 8.23. The Morgan fingerprint density at radius 3 is 2.73 bits per heavy atom. The number of aromatic nitrogens is 2. The van der Waals surface area contributed by atoms with Crippen LogP contribution in [0.25, 0.3) is 11.3 Å². The van der Waals surface area contributed by atoms with Gasteiger partial charge in [-0.25, -0.2) is 0 Å². The first-order valence-electron chi connectivity index (χ1n) is 4.52. The highest BCUT2D eigenvalue weighted by Gasteiger charge is 2.02. The number of aryl methyl sites for hydroxylation is 1. The summed E-state index contributed by atoms with van der Waals surface area (Å²) in [4.78, 5) is 21.8. The van der Waals surface area contributed by atoms with Crippen LogP contribution in [-0.2, 0) is 7.05 Å². The molecule has 2 aromatic rings. The van der Waals surface area contributed by atoms with Gasteiger partial charge in [0.2, 0.25) is 0 Å². The van der Waals surface area contributed by atoms with Gasteiger partial charge in [-0.05, 0) is 6.07 Å². The van der Waals surface area contributed by atoms with E-state index >= 15 is 0 Å². The molecule has 0 atom stereocenters. The summed E-state index contributed by atoms with van der Waals surface area (Å²) in [6.45, 7) is 0. The number of carbonyl (C=O) groups is 1. The number of nitrogens with one attached hydrogen (secondary N) is 1. The smallest absolute Gasteiger partial charge is 0.266 e. The Hall–Kier alpha value is -2.10. The molecule has 0 radical (unpaired) electrons. The lowest BCUT2D eigenvalue weighted by Crippen LogP contribution is -2.09. The summed E-state index contributed by atoms with van der Waals surface area (Å²) in [5.74, 6) is 0. The normalized spacial score (nSPS) is 10.2. The first-order valence-corrected chi connectivity index (χ1v) is 4.52. The molecule has 4 heteroatoms. The highest BCUT2D eigenvalue weighted by atomic mass is 16.1. The maximum atomic E-state index is 11.2. The van der Waals surface area contributed by atoms with Crippen molar-refractivity contribution in [3.05, 3.63) is 46.2 Å². The minimum Gasteiger partial charge on any atom is -0.298 e. The number of aldehydes is 1. The molecule has 1 aromatic carbocycles. The Bertz CT molecular complexity index is 552. The van der Waals surface area contributed by atoms with E-state index in [1.807, 2.05) is 6.07 Å². The third-order valence-corrected chi connectivity index (χ3v) is 2.22. The molecule has 76 valence electrons. The Labute approximate surface area is 86.1 Å². The fraction of sp³-hybridized carbons (Fsp3) is 0.0909. The molecule has 1 heterocycles. The zero-order valence-corrected chi connectivity index (χ0v) is 8.23. The number of hydrogen-bond donors (Lipinski definition) is 1. The second kappa shape index (κ2) is 3.57. The largest absolute Gasteiger partial charge is 0.298 e. The monoisotopic (exact) mass is 202 g/mol.